The SMILES string of the molecule is C=C(CCCCCC)[C@@]12CCC[C@@H]1CC(CCCCCC)=C2c1ccccc1. The number of benzene rings is 1. The summed E-state index contributed by atoms with van der Waals surface area (Å²) in [4.78, 5) is 0. The predicted molar refractivity (Wildman–Crippen MR) is 124 cm³/mol. The largest absolute Gasteiger partial charge is 0.0989 e. The zero-order valence-electron chi connectivity index (χ0n) is 18.6. The summed E-state index contributed by atoms with van der Waals surface area (Å²) >= 11 is 0. The maximum atomic E-state index is 4.75. The molecule has 2 aliphatic rings. The minimum Gasteiger partial charge on any atom is -0.0989 e. The summed E-state index contributed by atoms with van der Waals surface area (Å²) < 4.78 is 0. The van der Waals surface area contributed by atoms with E-state index in [0.29, 0.717) is 0 Å². The van der Waals surface area contributed by atoms with E-state index in [1.54, 1.807) is 16.7 Å². The Morgan fingerprint density at radius 3 is 2.39 bits per heavy atom. The van der Waals surface area contributed by atoms with E-state index in [0.717, 1.165) is 5.92 Å². The van der Waals surface area contributed by atoms with Gasteiger partial charge in [-0.2, -0.15) is 0 Å². The summed E-state index contributed by atoms with van der Waals surface area (Å²) in [7, 11) is 0. The fraction of sp³-hybridized carbons (Fsp3) is 0.643. The first-order valence-electron chi connectivity index (χ1n) is 12.2. The van der Waals surface area contributed by atoms with Gasteiger partial charge in [-0.05, 0) is 62.0 Å². The number of hydrogen-bond donors (Lipinski definition) is 0. The van der Waals surface area contributed by atoms with Crippen molar-refractivity contribution >= 4 is 5.57 Å². The van der Waals surface area contributed by atoms with Gasteiger partial charge in [-0.25, -0.2) is 0 Å². The van der Waals surface area contributed by atoms with Crippen LogP contribution >= 0.6 is 0 Å². The van der Waals surface area contributed by atoms with Crippen molar-refractivity contribution in [1.82, 2.24) is 0 Å². The van der Waals surface area contributed by atoms with Crippen LogP contribution in [0.25, 0.3) is 5.57 Å². The van der Waals surface area contributed by atoms with Crippen molar-refractivity contribution in [3.05, 3.63) is 53.6 Å². The highest BCUT2D eigenvalue weighted by Crippen LogP contribution is 2.65. The summed E-state index contributed by atoms with van der Waals surface area (Å²) in [5.74, 6) is 0.822. The van der Waals surface area contributed by atoms with Crippen LogP contribution in [0.5, 0.6) is 0 Å². The van der Waals surface area contributed by atoms with Crippen molar-refractivity contribution in [3.63, 3.8) is 0 Å². The van der Waals surface area contributed by atoms with Crippen LogP contribution < -0.4 is 0 Å². The van der Waals surface area contributed by atoms with Gasteiger partial charge in [0.15, 0.2) is 0 Å². The second-order valence-corrected chi connectivity index (χ2v) is 9.33. The first-order chi connectivity index (χ1) is 13.7. The Labute approximate surface area is 174 Å². The zero-order chi connectivity index (χ0) is 19.8. The van der Waals surface area contributed by atoms with Gasteiger partial charge in [-0.3, -0.25) is 0 Å². The first-order valence-corrected chi connectivity index (χ1v) is 12.2. The molecule has 0 unspecified atom stereocenters. The molecule has 3 rings (SSSR count). The lowest BCUT2D eigenvalue weighted by Crippen LogP contribution is -2.25. The van der Waals surface area contributed by atoms with Gasteiger partial charge in [-0.15, -0.1) is 0 Å². The Bertz CT molecular complexity index is 650. The van der Waals surface area contributed by atoms with Crippen molar-refractivity contribution in [3.8, 4) is 0 Å². The number of unbranched alkanes of at least 4 members (excludes halogenated alkanes) is 6. The Kier molecular flexibility index (Phi) is 8.00. The molecule has 0 aliphatic heterocycles. The zero-order valence-corrected chi connectivity index (χ0v) is 18.6. The summed E-state index contributed by atoms with van der Waals surface area (Å²) in [6, 6.07) is 11.4. The molecular weight excluding hydrogens is 336 g/mol. The highest BCUT2D eigenvalue weighted by Gasteiger charge is 2.52. The predicted octanol–water partition coefficient (Wildman–Crippen LogP) is 9.13. The minimum atomic E-state index is 0.285. The van der Waals surface area contributed by atoms with Crippen LogP contribution in [-0.2, 0) is 0 Å². The summed E-state index contributed by atoms with van der Waals surface area (Å²) in [5, 5.41) is 0. The van der Waals surface area contributed by atoms with E-state index in [9.17, 15) is 0 Å². The Balaban J connectivity index is 1.87. The number of allylic oxidation sites excluding steroid dienone is 3. The Hall–Kier alpha value is -1.30. The monoisotopic (exact) mass is 378 g/mol. The number of hydrogen-bond acceptors (Lipinski definition) is 0. The molecule has 2 atom stereocenters. The van der Waals surface area contributed by atoms with Crippen LogP contribution in [0, 0.1) is 11.3 Å². The summed E-state index contributed by atoms with van der Waals surface area (Å²) in [6.07, 6.45) is 18.9. The van der Waals surface area contributed by atoms with E-state index in [-0.39, 0.29) is 5.41 Å². The van der Waals surface area contributed by atoms with E-state index in [1.165, 1.54) is 95.5 Å². The van der Waals surface area contributed by atoms with E-state index in [2.05, 4.69) is 44.2 Å². The fourth-order valence-corrected chi connectivity index (χ4v) is 6.09. The van der Waals surface area contributed by atoms with Crippen molar-refractivity contribution in [2.75, 3.05) is 0 Å². The average molecular weight is 379 g/mol. The van der Waals surface area contributed by atoms with Crippen molar-refractivity contribution in [2.45, 2.75) is 104 Å². The van der Waals surface area contributed by atoms with E-state index in [1.807, 2.05) is 0 Å². The Morgan fingerprint density at radius 1 is 0.964 bits per heavy atom. The lowest BCUT2D eigenvalue weighted by Gasteiger charge is -2.36. The first kappa shape index (κ1) is 21.4. The molecule has 2 aliphatic carbocycles. The minimum absolute atomic E-state index is 0.285. The molecule has 0 saturated heterocycles. The van der Waals surface area contributed by atoms with Crippen LogP contribution in [0.1, 0.15) is 109 Å². The van der Waals surface area contributed by atoms with Gasteiger partial charge in [0.2, 0.25) is 0 Å². The molecule has 0 radical (unpaired) electrons. The highest BCUT2D eigenvalue weighted by atomic mass is 14.6. The van der Waals surface area contributed by atoms with Gasteiger partial charge in [0.05, 0.1) is 0 Å². The van der Waals surface area contributed by atoms with Crippen LogP contribution in [0.4, 0.5) is 0 Å². The number of fused-ring (bicyclic) bond motifs is 1. The third-order valence-corrected chi connectivity index (χ3v) is 7.47. The van der Waals surface area contributed by atoms with Gasteiger partial charge >= 0.3 is 0 Å². The second-order valence-electron chi connectivity index (χ2n) is 9.33. The average Bonchev–Trinajstić information content (AvgIpc) is 3.26. The van der Waals surface area contributed by atoms with E-state index >= 15 is 0 Å². The standard InChI is InChI=1S/C28H42/c1-4-6-8-11-16-23(3)28-21-15-20-26(28)22-25(19-12-9-7-5-2)27(28)24-17-13-10-14-18-24/h10,13-14,17-18,26H,3-9,11-12,15-16,19-22H2,1-2H3/t26-,28+/m1/s1. The molecule has 154 valence electrons. The van der Waals surface area contributed by atoms with Crippen LogP contribution in [-0.4, -0.2) is 0 Å². The molecule has 0 heteroatoms. The van der Waals surface area contributed by atoms with Gasteiger partial charge in [-0.1, -0.05) is 107 Å². The van der Waals surface area contributed by atoms with Gasteiger partial charge < -0.3 is 0 Å². The van der Waals surface area contributed by atoms with E-state index in [4.69, 9.17) is 6.58 Å². The molecule has 0 amide bonds. The molecule has 28 heavy (non-hydrogen) atoms. The quantitative estimate of drug-likeness (QED) is 0.251. The summed E-state index contributed by atoms with van der Waals surface area (Å²) in [5.41, 5.74) is 6.84. The topological polar surface area (TPSA) is 0 Å². The normalized spacial score (nSPS) is 24.0. The lowest BCUT2D eigenvalue weighted by molar-refractivity contribution is 0.357. The van der Waals surface area contributed by atoms with Crippen molar-refractivity contribution in [2.24, 2.45) is 11.3 Å². The smallest absolute Gasteiger partial charge is 0.0195 e. The highest BCUT2D eigenvalue weighted by molar-refractivity contribution is 5.79. The van der Waals surface area contributed by atoms with Gasteiger partial charge in [0.25, 0.3) is 0 Å². The molecule has 0 nitrogen and oxygen atoms in total. The molecule has 0 heterocycles. The maximum Gasteiger partial charge on any atom is 0.0195 e. The third-order valence-electron chi connectivity index (χ3n) is 7.47. The third kappa shape index (κ3) is 4.47. The second kappa shape index (κ2) is 10.5. The van der Waals surface area contributed by atoms with E-state index < -0.39 is 0 Å². The maximum absolute atomic E-state index is 4.75. The van der Waals surface area contributed by atoms with Gasteiger partial charge in [0, 0.05) is 5.41 Å². The lowest BCUT2D eigenvalue weighted by atomic mass is 9.67. The molecular formula is C28H42. The molecule has 1 aromatic rings. The molecule has 0 N–H and O–H groups in total. The Morgan fingerprint density at radius 2 is 1.68 bits per heavy atom. The fourth-order valence-electron chi connectivity index (χ4n) is 6.09. The van der Waals surface area contributed by atoms with Crippen LogP contribution in [0.3, 0.4) is 0 Å². The molecule has 0 bridgehead atoms. The van der Waals surface area contributed by atoms with Crippen molar-refractivity contribution in [1.29, 1.82) is 0 Å². The van der Waals surface area contributed by atoms with Crippen LogP contribution in [0.15, 0.2) is 48.1 Å². The van der Waals surface area contributed by atoms with Gasteiger partial charge in [0.1, 0.15) is 0 Å². The summed E-state index contributed by atoms with van der Waals surface area (Å²) in [6.45, 7) is 9.37. The number of rotatable bonds is 12. The molecule has 1 saturated carbocycles. The van der Waals surface area contributed by atoms with Crippen molar-refractivity contribution < 1.29 is 0 Å². The molecule has 1 fully saturated rings. The van der Waals surface area contributed by atoms with Crippen LogP contribution in [0.2, 0.25) is 0 Å². The molecule has 1 aromatic carbocycles. The molecule has 0 aromatic heterocycles. The molecule has 0 spiro atoms.